The van der Waals surface area contributed by atoms with E-state index in [9.17, 15) is 9.18 Å². The Hall–Kier alpha value is 0.0300. The summed E-state index contributed by atoms with van der Waals surface area (Å²) in [6.07, 6.45) is 0. The van der Waals surface area contributed by atoms with E-state index < -0.39 is 0 Å². The van der Waals surface area contributed by atoms with Crippen molar-refractivity contribution >= 4 is 44.3 Å². The van der Waals surface area contributed by atoms with Crippen molar-refractivity contribution in [3.63, 3.8) is 0 Å². The minimum Gasteiger partial charge on any atom is -0.293 e. The molecule has 0 radical (unpaired) electrons. The number of alkyl halides is 1. The van der Waals surface area contributed by atoms with Gasteiger partial charge >= 0.3 is 0 Å². The number of halogens is 3. The highest BCUT2D eigenvalue weighted by atomic mass is 127. The molecule has 1 nitrogen and oxygen atoms in total. The van der Waals surface area contributed by atoms with Gasteiger partial charge in [-0.05, 0) is 40.8 Å². The molecule has 0 amide bonds. The molecule has 0 fully saturated rings. The number of benzene rings is 1. The summed E-state index contributed by atoms with van der Waals surface area (Å²) in [7, 11) is 0. The highest BCUT2D eigenvalue weighted by molar-refractivity contribution is 14.1. The van der Waals surface area contributed by atoms with E-state index in [-0.39, 0.29) is 16.9 Å². The summed E-state index contributed by atoms with van der Waals surface area (Å²) < 4.78 is 13.2. The first-order valence-electron chi connectivity index (χ1n) is 3.19. The minimum atomic E-state index is -0.314. The van der Waals surface area contributed by atoms with Crippen molar-refractivity contribution in [2.75, 3.05) is 5.33 Å². The lowest BCUT2D eigenvalue weighted by atomic mass is 10.1. The first-order chi connectivity index (χ1) is 5.65. The Morgan fingerprint density at radius 3 is 2.75 bits per heavy atom. The first-order valence-corrected chi connectivity index (χ1v) is 5.39. The van der Waals surface area contributed by atoms with Crippen molar-refractivity contribution in [1.29, 1.82) is 0 Å². The SMILES string of the molecule is O=C(CBr)c1ccc(F)cc1I. The Balaban J connectivity index is 3.09. The number of carbonyl (C=O) groups excluding carboxylic acids is 1. The molecule has 0 aliphatic carbocycles. The van der Waals surface area contributed by atoms with Crippen molar-refractivity contribution in [3.05, 3.63) is 33.1 Å². The Morgan fingerprint density at radius 1 is 1.58 bits per heavy atom. The second-order valence-electron chi connectivity index (χ2n) is 2.18. The molecule has 1 rings (SSSR count). The van der Waals surface area contributed by atoms with Crippen molar-refractivity contribution in [2.24, 2.45) is 0 Å². The average molecular weight is 343 g/mol. The molecule has 0 spiro atoms. The highest BCUT2D eigenvalue weighted by Crippen LogP contribution is 2.15. The first kappa shape index (κ1) is 10.1. The molecule has 0 aliphatic rings. The summed E-state index contributed by atoms with van der Waals surface area (Å²) in [6.45, 7) is 0. The zero-order valence-corrected chi connectivity index (χ0v) is 9.72. The lowest BCUT2D eigenvalue weighted by molar-refractivity contribution is 0.102. The number of ketones is 1. The van der Waals surface area contributed by atoms with Crippen LogP contribution in [0, 0.1) is 9.39 Å². The Bertz CT molecular complexity index is 314. The highest BCUT2D eigenvalue weighted by Gasteiger charge is 2.08. The van der Waals surface area contributed by atoms with Gasteiger partial charge in [0.15, 0.2) is 5.78 Å². The predicted molar refractivity (Wildman–Crippen MR) is 57.2 cm³/mol. The van der Waals surface area contributed by atoms with E-state index in [1.54, 1.807) is 0 Å². The molecule has 1 aromatic carbocycles. The fourth-order valence-electron chi connectivity index (χ4n) is 0.788. The van der Waals surface area contributed by atoms with Gasteiger partial charge in [-0.15, -0.1) is 0 Å². The monoisotopic (exact) mass is 342 g/mol. The van der Waals surface area contributed by atoms with E-state index in [4.69, 9.17) is 0 Å². The van der Waals surface area contributed by atoms with E-state index >= 15 is 0 Å². The number of carbonyl (C=O) groups is 1. The summed E-state index contributed by atoms with van der Waals surface area (Å²) in [5.74, 6) is -0.343. The Kier molecular flexibility index (Phi) is 3.64. The van der Waals surface area contributed by atoms with Crippen LogP contribution in [0.4, 0.5) is 4.39 Å². The second kappa shape index (κ2) is 4.32. The van der Waals surface area contributed by atoms with Crippen molar-refractivity contribution in [1.82, 2.24) is 0 Å². The maximum absolute atomic E-state index is 12.6. The zero-order chi connectivity index (χ0) is 9.14. The minimum absolute atomic E-state index is 0.0283. The summed E-state index contributed by atoms with van der Waals surface area (Å²) >= 11 is 5.00. The number of rotatable bonds is 2. The van der Waals surface area contributed by atoms with Crippen molar-refractivity contribution < 1.29 is 9.18 Å². The third kappa shape index (κ3) is 2.26. The van der Waals surface area contributed by atoms with Crippen LogP contribution in [0.5, 0.6) is 0 Å². The Morgan fingerprint density at radius 2 is 2.25 bits per heavy atom. The van der Waals surface area contributed by atoms with Crippen LogP contribution in [-0.2, 0) is 0 Å². The zero-order valence-electron chi connectivity index (χ0n) is 5.98. The number of Topliss-reactive ketones (excluding diaryl/α,β-unsaturated/α-hetero) is 1. The molecule has 0 bridgehead atoms. The van der Waals surface area contributed by atoms with Crippen LogP contribution in [0.1, 0.15) is 10.4 Å². The molecule has 0 N–H and O–H groups in total. The van der Waals surface area contributed by atoms with Crippen molar-refractivity contribution in [3.8, 4) is 0 Å². The van der Waals surface area contributed by atoms with Crippen LogP contribution in [0.15, 0.2) is 18.2 Å². The fourth-order valence-corrected chi connectivity index (χ4v) is 1.87. The molecular formula is C8H5BrFIO. The maximum Gasteiger partial charge on any atom is 0.174 e. The Labute approximate surface area is 91.6 Å². The van der Waals surface area contributed by atoms with Gasteiger partial charge in [-0.25, -0.2) is 4.39 Å². The van der Waals surface area contributed by atoms with Gasteiger partial charge in [0.05, 0.1) is 5.33 Å². The molecule has 0 saturated carbocycles. The number of hydrogen-bond donors (Lipinski definition) is 0. The molecule has 4 heteroatoms. The number of hydrogen-bond acceptors (Lipinski definition) is 1. The molecular weight excluding hydrogens is 338 g/mol. The molecule has 0 aliphatic heterocycles. The van der Waals surface area contributed by atoms with Crippen LogP contribution in [0.2, 0.25) is 0 Å². The molecule has 0 saturated heterocycles. The van der Waals surface area contributed by atoms with Crippen LogP contribution in [0.25, 0.3) is 0 Å². The summed E-state index contributed by atoms with van der Waals surface area (Å²) in [5.41, 5.74) is 0.564. The van der Waals surface area contributed by atoms with Gasteiger partial charge in [-0.2, -0.15) is 0 Å². The van der Waals surface area contributed by atoms with Gasteiger partial charge in [-0.1, -0.05) is 15.9 Å². The molecule has 0 heterocycles. The summed E-state index contributed by atoms with van der Waals surface area (Å²) in [4.78, 5) is 11.2. The lowest BCUT2D eigenvalue weighted by Crippen LogP contribution is -2.02. The third-order valence-electron chi connectivity index (χ3n) is 1.35. The summed E-state index contributed by atoms with van der Waals surface area (Å²) in [6, 6.07) is 4.13. The van der Waals surface area contributed by atoms with Gasteiger partial charge in [0, 0.05) is 9.13 Å². The fraction of sp³-hybridized carbons (Fsp3) is 0.125. The molecule has 0 atom stereocenters. The van der Waals surface area contributed by atoms with E-state index in [1.807, 2.05) is 22.6 Å². The summed E-state index contributed by atoms with van der Waals surface area (Å²) in [5, 5.41) is 0.272. The normalized spacial score (nSPS) is 9.92. The maximum atomic E-state index is 12.6. The molecule has 0 aromatic heterocycles. The van der Waals surface area contributed by atoms with Gasteiger partial charge < -0.3 is 0 Å². The van der Waals surface area contributed by atoms with Crippen LogP contribution >= 0.6 is 38.5 Å². The van der Waals surface area contributed by atoms with Crippen LogP contribution in [-0.4, -0.2) is 11.1 Å². The van der Waals surface area contributed by atoms with E-state index in [2.05, 4.69) is 15.9 Å². The average Bonchev–Trinajstić information content (AvgIpc) is 2.03. The molecule has 12 heavy (non-hydrogen) atoms. The van der Waals surface area contributed by atoms with Crippen LogP contribution < -0.4 is 0 Å². The topological polar surface area (TPSA) is 17.1 Å². The molecule has 1 aromatic rings. The van der Waals surface area contributed by atoms with Gasteiger partial charge in [-0.3, -0.25) is 4.79 Å². The lowest BCUT2D eigenvalue weighted by Gasteiger charge is -1.99. The van der Waals surface area contributed by atoms with E-state index in [0.717, 1.165) is 0 Å². The van der Waals surface area contributed by atoms with E-state index in [1.165, 1.54) is 18.2 Å². The third-order valence-corrected chi connectivity index (χ3v) is 2.75. The van der Waals surface area contributed by atoms with Gasteiger partial charge in [0.25, 0.3) is 0 Å². The smallest absolute Gasteiger partial charge is 0.174 e. The van der Waals surface area contributed by atoms with Crippen molar-refractivity contribution in [2.45, 2.75) is 0 Å². The van der Waals surface area contributed by atoms with Crippen LogP contribution in [0.3, 0.4) is 0 Å². The van der Waals surface area contributed by atoms with E-state index in [0.29, 0.717) is 9.13 Å². The predicted octanol–water partition coefficient (Wildman–Crippen LogP) is 3.01. The largest absolute Gasteiger partial charge is 0.293 e. The quantitative estimate of drug-likeness (QED) is 0.459. The molecule has 0 unspecified atom stereocenters. The van der Waals surface area contributed by atoms with Gasteiger partial charge in [0.1, 0.15) is 5.82 Å². The second-order valence-corrected chi connectivity index (χ2v) is 3.90. The molecule has 64 valence electrons. The van der Waals surface area contributed by atoms with Gasteiger partial charge in [0.2, 0.25) is 0 Å². The standard InChI is InChI=1S/C8H5BrFIO/c9-4-8(12)6-2-1-5(10)3-7(6)11/h1-3H,4H2.